The van der Waals surface area contributed by atoms with Gasteiger partial charge >= 0.3 is 5.97 Å². The Bertz CT molecular complexity index is 1110. The minimum Gasteiger partial charge on any atom is -0.480 e. The number of carboxylic acid groups (broad SMARTS) is 1. The Hall–Kier alpha value is -1.72. The van der Waals surface area contributed by atoms with Gasteiger partial charge in [0.2, 0.25) is 0 Å². The van der Waals surface area contributed by atoms with Gasteiger partial charge in [0.15, 0.2) is 10.8 Å². The van der Waals surface area contributed by atoms with Gasteiger partial charge in [0.1, 0.15) is 18.4 Å². The summed E-state index contributed by atoms with van der Waals surface area (Å²) >= 11 is 12.7. The number of amidine groups is 1. The van der Waals surface area contributed by atoms with Gasteiger partial charge in [0, 0.05) is 46.9 Å². The van der Waals surface area contributed by atoms with Gasteiger partial charge in [-0.2, -0.15) is 0 Å². The summed E-state index contributed by atoms with van der Waals surface area (Å²) in [5.74, 6) is -0.565. The molecule has 1 unspecified atom stereocenters. The Morgan fingerprint density at radius 2 is 2.34 bits per heavy atom. The van der Waals surface area contributed by atoms with Crippen LogP contribution in [0.1, 0.15) is 23.0 Å². The molecule has 2 atom stereocenters. The van der Waals surface area contributed by atoms with E-state index >= 15 is 0 Å². The molecule has 1 N–H and O–H groups in total. The zero-order chi connectivity index (χ0) is 22.8. The normalized spacial score (nSPS) is 20.9. The quantitative estimate of drug-likeness (QED) is 0.464. The maximum absolute atomic E-state index is 13.7. The summed E-state index contributed by atoms with van der Waals surface area (Å²) < 4.78 is 15.6. The molecule has 2 aliphatic rings. The smallest absolute Gasteiger partial charge is 0.318 e. The van der Waals surface area contributed by atoms with Crippen molar-refractivity contribution in [1.82, 2.24) is 14.2 Å². The molecule has 0 amide bonds. The molecule has 2 aromatic rings. The van der Waals surface area contributed by atoms with Gasteiger partial charge in [-0.05, 0) is 35.0 Å². The average Bonchev–Trinajstić information content (AvgIpc) is 3.43. The highest BCUT2D eigenvalue weighted by molar-refractivity contribution is 9.11. The van der Waals surface area contributed by atoms with E-state index in [0.717, 1.165) is 16.3 Å². The third-order valence-corrected chi connectivity index (χ3v) is 7.60. The highest BCUT2D eigenvalue weighted by atomic mass is 79.9. The Morgan fingerprint density at radius 3 is 2.97 bits per heavy atom. The zero-order valence-corrected chi connectivity index (χ0v) is 20.9. The Labute approximate surface area is 206 Å². The molecule has 1 aromatic carbocycles. The fourth-order valence-electron chi connectivity index (χ4n) is 4.02. The van der Waals surface area contributed by atoms with E-state index in [9.17, 15) is 14.3 Å². The highest BCUT2D eigenvalue weighted by Gasteiger charge is 2.41. The number of halogens is 3. The first-order chi connectivity index (χ1) is 15.4. The van der Waals surface area contributed by atoms with Crippen LogP contribution in [0.25, 0.3) is 0 Å². The van der Waals surface area contributed by atoms with Crippen molar-refractivity contribution in [1.29, 1.82) is 0 Å². The van der Waals surface area contributed by atoms with Crippen molar-refractivity contribution in [3.63, 3.8) is 0 Å². The molecule has 0 saturated carbocycles. The van der Waals surface area contributed by atoms with Gasteiger partial charge in [-0.3, -0.25) is 9.79 Å². The second-order valence-electron chi connectivity index (χ2n) is 7.17. The van der Waals surface area contributed by atoms with Crippen molar-refractivity contribution in [2.24, 2.45) is 4.99 Å². The molecule has 1 aromatic heterocycles. The lowest BCUT2D eigenvalue weighted by molar-refractivity contribution is -0.137. The standard InChI is InChI=1S/C21H19BrClFN4O2S2/c1-31-28(11-18(29)30)13-9-17-15(4-5-22)19(14-3-2-12(24)8-16(14)23)26-20(27(17)10-13)21-25-6-7-32-21/h2-8,13,19H,9-11H2,1H3,(H,29,30)/b5-4+/t13?,19-/m0/s1. The summed E-state index contributed by atoms with van der Waals surface area (Å²) in [6.07, 6.45) is 6.18. The van der Waals surface area contributed by atoms with Crippen molar-refractivity contribution < 1.29 is 14.3 Å². The molecular weight excluding hydrogens is 539 g/mol. The second kappa shape index (κ2) is 10.0. The maximum Gasteiger partial charge on any atom is 0.318 e. The predicted octanol–water partition coefficient (Wildman–Crippen LogP) is 5.34. The van der Waals surface area contributed by atoms with Crippen LogP contribution in [0.5, 0.6) is 0 Å². The van der Waals surface area contributed by atoms with Crippen molar-refractivity contribution in [3.8, 4) is 0 Å². The van der Waals surface area contributed by atoms with E-state index in [-0.39, 0.29) is 12.6 Å². The molecule has 3 heterocycles. The number of hydrogen-bond donors (Lipinski definition) is 1. The molecule has 2 aliphatic heterocycles. The number of carbonyl (C=O) groups is 1. The Kier molecular flexibility index (Phi) is 7.36. The number of rotatable bonds is 7. The minimum absolute atomic E-state index is 0.0255. The molecule has 6 nitrogen and oxygen atoms in total. The van der Waals surface area contributed by atoms with Crippen LogP contribution in [0.4, 0.5) is 4.39 Å². The van der Waals surface area contributed by atoms with E-state index in [1.807, 2.05) is 22.0 Å². The summed E-state index contributed by atoms with van der Waals surface area (Å²) in [5.41, 5.74) is 2.65. The fraction of sp³-hybridized carbons (Fsp3) is 0.286. The largest absolute Gasteiger partial charge is 0.480 e. The Balaban J connectivity index is 1.84. The van der Waals surface area contributed by atoms with E-state index < -0.39 is 17.8 Å². The lowest BCUT2D eigenvalue weighted by Gasteiger charge is -2.32. The van der Waals surface area contributed by atoms with Crippen LogP contribution in [0.15, 0.2) is 57.1 Å². The highest BCUT2D eigenvalue weighted by Crippen LogP contribution is 2.44. The summed E-state index contributed by atoms with van der Waals surface area (Å²) in [7, 11) is 0. The van der Waals surface area contributed by atoms with Crippen LogP contribution in [-0.4, -0.2) is 56.5 Å². The van der Waals surface area contributed by atoms with Crippen LogP contribution in [-0.2, 0) is 4.79 Å². The first-order valence-corrected chi connectivity index (χ1v) is 13.0. The van der Waals surface area contributed by atoms with Crippen LogP contribution in [0.2, 0.25) is 5.02 Å². The van der Waals surface area contributed by atoms with Gasteiger partial charge < -0.3 is 10.0 Å². The fourth-order valence-corrected chi connectivity index (χ4v) is 5.89. The number of aromatic nitrogens is 1. The molecule has 11 heteroatoms. The average molecular weight is 558 g/mol. The van der Waals surface area contributed by atoms with E-state index in [2.05, 4.69) is 25.8 Å². The third-order valence-electron chi connectivity index (χ3n) is 5.34. The first kappa shape index (κ1) is 23.4. The molecule has 0 spiro atoms. The minimum atomic E-state index is -0.872. The number of hydrogen-bond acceptors (Lipinski definition) is 7. The molecule has 1 saturated heterocycles. The van der Waals surface area contributed by atoms with E-state index in [4.69, 9.17) is 16.6 Å². The van der Waals surface area contributed by atoms with Gasteiger partial charge in [0.05, 0.1) is 0 Å². The predicted molar refractivity (Wildman–Crippen MR) is 131 cm³/mol. The third kappa shape index (κ3) is 4.65. The second-order valence-corrected chi connectivity index (χ2v) is 9.84. The number of fused-ring (bicyclic) bond motifs is 1. The number of aliphatic imine (C=N–C) groups is 1. The van der Waals surface area contributed by atoms with Crippen molar-refractivity contribution in [2.75, 3.05) is 19.3 Å². The zero-order valence-electron chi connectivity index (χ0n) is 16.9. The topological polar surface area (TPSA) is 69.0 Å². The monoisotopic (exact) mass is 556 g/mol. The van der Waals surface area contributed by atoms with Gasteiger partial charge in [0.25, 0.3) is 0 Å². The molecule has 0 bridgehead atoms. The molecular formula is C21H19BrClFN4O2S2. The van der Waals surface area contributed by atoms with Crippen molar-refractivity contribution in [2.45, 2.75) is 18.5 Å². The van der Waals surface area contributed by atoms with Gasteiger partial charge in [-0.1, -0.05) is 45.5 Å². The lowest BCUT2D eigenvalue weighted by atomic mass is 9.94. The summed E-state index contributed by atoms with van der Waals surface area (Å²) in [6, 6.07) is 3.87. The Morgan fingerprint density at radius 1 is 1.53 bits per heavy atom. The number of aliphatic carboxylic acids is 1. The van der Waals surface area contributed by atoms with Crippen LogP contribution < -0.4 is 0 Å². The van der Waals surface area contributed by atoms with Crippen molar-refractivity contribution >= 4 is 62.6 Å². The molecule has 0 radical (unpaired) electrons. The number of thiazole rings is 1. The molecule has 168 valence electrons. The van der Waals surface area contributed by atoms with E-state index in [0.29, 0.717) is 29.4 Å². The van der Waals surface area contributed by atoms with Gasteiger partial charge in [-0.25, -0.2) is 13.7 Å². The SMILES string of the molecule is CSN(CC(=O)O)C1CC2=C(/C=C/Br)[C@H](c3ccc(F)cc3Cl)N=C(c3nccs3)N2C1. The summed E-state index contributed by atoms with van der Waals surface area (Å²) in [5, 5.41) is 12.3. The van der Waals surface area contributed by atoms with E-state index in [1.165, 1.54) is 35.4 Å². The molecule has 4 rings (SSSR count). The number of benzene rings is 1. The van der Waals surface area contributed by atoms with Crippen LogP contribution >= 0.6 is 50.8 Å². The molecule has 32 heavy (non-hydrogen) atoms. The van der Waals surface area contributed by atoms with Crippen molar-refractivity contribution in [3.05, 3.63) is 73.5 Å². The maximum atomic E-state index is 13.7. The van der Waals surface area contributed by atoms with Crippen LogP contribution in [0.3, 0.4) is 0 Å². The lowest BCUT2D eigenvalue weighted by Crippen LogP contribution is -2.38. The number of carboxylic acids is 1. The molecule has 0 aliphatic carbocycles. The van der Waals surface area contributed by atoms with E-state index in [1.54, 1.807) is 17.2 Å². The number of nitrogens with zero attached hydrogens (tertiary/aromatic N) is 4. The molecule has 1 fully saturated rings. The summed E-state index contributed by atoms with van der Waals surface area (Å²) in [4.78, 5) is 24.7. The van der Waals surface area contributed by atoms with Crippen LogP contribution in [0, 0.1) is 5.82 Å². The van der Waals surface area contributed by atoms with Gasteiger partial charge in [-0.15, -0.1) is 11.3 Å². The summed E-state index contributed by atoms with van der Waals surface area (Å²) in [6.45, 7) is 0.527. The first-order valence-electron chi connectivity index (χ1n) is 9.65.